The molecule has 2 aliphatic rings. The van der Waals surface area contributed by atoms with Crippen molar-refractivity contribution in [2.24, 2.45) is 5.92 Å². The Balaban J connectivity index is 2.17. The summed E-state index contributed by atoms with van der Waals surface area (Å²) in [7, 11) is 0. The van der Waals surface area contributed by atoms with Crippen molar-refractivity contribution in [2.75, 3.05) is 6.61 Å². The number of nitrogens with zero attached hydrogens (tertiary/aromatic N) is 1. The van der Waals surface area contributed by atoms with Gasteiger partial charge in [0, 0.05) is 0 Å². The van der Waals surface area contributed by atoms with Gasteiger partial charge in [-0.15, -0.1) is 0 Å². The summed E-state index contributed by atoms with van der Waals surface area (Å²) in [6.07, 6.45) is 0.887. The van der Waals surface area contributed by atoms with E-state index in [2.05, 4.69) is 0 Å². The number of allylic oxidation sites excluding steroid dienone is 1. The summed E-state index contributed by atoms with van der Waals surface area (Å²) >= 11 is 0. The molecule has 1 fully saturated rings. The lowest BCUT2D eigenvalue weighted by atomic mass is 10.00. The van der Waals surface area contributed by atoms with Crippen LogP contribution in [0.4, 0.5) is 0 Å². The zero-order valence-electron chi connectivity index (χ0n) is 8.30. The van der Waals surface area contributed by atoms with Crippen LogP contribution in [-0.2, 0) is 14.4 Å². The molecule has 0 spiro atoms. The molecule has 6 nitrogen and oxygen atoms in total. The fraction of sp³-hybridized carbons (Fsp3) is 0.667. The molecule has 0 aromatic rings. The zero-order chi connectivity index (χ0) is 11.0. The average molecular weight is 214 g/mol. The molecular weight excluding hydrogens is 202 g/mol. The Morgan fingerprint density at radius 3 is 3.20 bits per heavy atom. The van der Waals surface area contributed by atoms with Gasteiger partial charge in [0.05, 0.1) is 12.5 Å². The van der Waals surface area contributed by atoms with Crippen LogP contribution in [0, 0.1) is 5.92 Å². The van der Waals surface area contributed by atoms with Crippen molar-refractivity contribution in [1.29, 1.82) is 0 Å². The van der Waals surface area contributed by atoms with E-state index in [1.807, 2.05) is 0 Å². The van der Waals surface area contributed by atoms with E-state index in [0.717, 1.165) is 0 Å². The third-order valence-corrected chi connectivity index (χ3v) is 2.63. The Bertz CT molecular complexity index is 314. The number of rotatable bonds is 2. The van der Waals surface area contributed by atoms with E-state index in [9.17, 15) is 15.1 Å². The molecule has 1 saturated heterocycles. The van der Waals surface area contributed by atoms with Gasteiger partial charge in [-0.05, 0) is 25.0 Å². The highest BCUT2D eigenvalue weighted by molar-refractivity contribution is 5.77. The number of carbonyl (C=O) groups excluding carboxylic acids is 1. The van der Waals surface area contributed by atoms with Gasteiger partial charge in [-0.3, -0.25) is 10.0 Å². The van der Waals surface area contributed by atoms with Gasteiger partial charge in [-0.2, -0.15) is 0 Å². The summed E-state index contributed by atoms with van der Waals surface area (Å²) in [5.74, 6) is -0.891. The van der Waals surface area contributed by atoms with Crippen LogP contribution in [0.2, 0.25) is 0 Å². The van der Waals surface area contributed by atoms with E-state index in [1.165, 1.54) is 0 Å². The first-order valence-electron chi connectivity index (χ1n) is 4.88. The molecule has 0 bridgehead atoms. The second-order valence-corrected chi connectivity index (χ2v) is 3.52. The number of hydrogen-bond donors (Lipinski definition) is 1. The van der Waals surface area contributed by atoms with Crippen LogP contribution in [0.5, 0.6) is 0 Å². The summed E-state index contributed by atoms with van der Waals surface area (Å²) in [5, 5.41) is 21.0. The Morgan fingerprint density at radius 2 is 2.53 bits per heavy atom. The molecule has 1 aliphatic heterocycles. The summed E-state index contributed by atoms with van der Waals surface area (Å²) < 4.78 is 4.79. The van der Waals surface area contributed by atoms with Gasteiger partial charge in [0.2, 0.25) is 0 Å². The van der Waals surface area contributed by atoms with Crippen molar-refractivity contribution < 1.29 is 24.7 Å². The molecule has 2 atom stereocenters. The van der Waals surface area contributed by atoms with Gasteiger partial charge in [-0.25, -0.2) is 0 Å². The smallest absolute Gasteiger partial charge is 0.330 e. The van der Waals surface area contributed by atoms with Crippen molar-refractivity contribution >= 4 is 5.97 Å². The molecule has 1 heterocycles. The van der Waals surface area contributed by atoms with Crippen LogP contribution in [0.3, 0.4) is 0 Å². The monoisotopic (exact) mass is 214 g/mol. The highest BCUT2D eigenvalue weighted by Crippen LogP contribution is 2.40. The highest BCUT2D eigenvalue weighted by Gasteiger charge is 2.48. The lowest BCUT2D eigenvalue weighted by molar-refractivity contribution is -0.336. The number of ether oxygens (including phenoxy) is 1. The lowest BCUT2D eigenvalue weighted by Gasteiger charge is -2.16. The molecule has 0 aromatic heterocycles. The van der Waals surface area contributed by atoms with E-state index < -0.39 is 12.0 Å². The maximum Gasteiger partial charge on any atom is 0.330 e. The number of hydroxylamine groups is 2. The molecule has 84 valence electrons. The van der Waals surface area contributed by atoms with Gasteiger partial charge in [0.1, 0.15) is 5.76 Å². The second kappa shape index (κ2) is 3.71. The topological polar surface area (TPSA) is 82.1 Å². The predicted molar refractivity (Wildman–Crippen MR) is 44.9 cm³/mol. The van der Waals surface area contributed by atoms with Gasteiger partial charge in [-0.1, -0.05) is 5.76 Å². The maximum absolute atomic E-state index is 11.5. The normalized spacial score (nSPS) is 30.3. The van der Waals surface area contributed by atoms with Crippen LogP contribution in [0.25, 0.3) is 0 Å². The first-order chi connectivity index (χ1) is 7.15. The fourth-order valence-electron chi connectivity index (χ4n) is 1.96. The molecule has 1 aliphatic carbocycles. The molecule has 1 N–H and O–H groups in total. The minimum Gasteiger partial charge on any atom is -0.873 e. The van der Waals surface area contributed by atoms with E-state index in [4.69, 9.17) is 9.57 Å². The summed E-state index contributed by atoms with van der Waals surface area (Å²) in [4.78, 5) is 16.3. The van der Waals surface area contributed by atoms with E-state index in [1.54, 1.807) is 6.92 Å². The number of hydrogen-bond acceptors (Lipinski definition) is 6. The Labute approximate surface area is 86.6 Å². The number of carbonyl (C=O) groups is 1. The van der Waals surface area contributed by atoms with E-state index in [-0.39, 0.29) is 24.0 Å². The minimum atomic E-state index is -0.897. The predicted octanol–water partition coefficient (Wildman–Crippen LogP) is -0.464. The van der Waals surface area contributed by atoms with Crippen molar-refractivity contribution in [3.63, 3.8) is 0 Å². The van der Waals surface area contributed by atoms with Crippen LogP contribution in [0.1, 0.15) is 19.8 Å². The minimum absolute atomic E-state index is 0.147. The molecule has 0 amide bonds. The highest BCUT2D eigenvalue weighted by atomic mass is 16.9. The molecule has 0 aromatic carbocycles. The van der Waals surface area contributed by atoms with Gasteiger partial charge in [0.25, 0.3) is 0 Å². The summed E-state index contributed by atoms with van der Waals surface area (Å²) in [6, 6.07) is -0.897. The molecule has 15 heavy (non-hydrogen) atoms. The fourth-order valence-corrected chi connectivity index (χ4v) is 1.96. The van der Waals surface area contributed by atoms with Crippen molar-refractivity contribution in [3.05, 3.63) is 11.5 Å². The molecule has 2 unspecified atom stereocenters. The molecule has 0 saturated carbocycles. The number of esters is 1. The van der Waals surface area contributed by atoms with Crippen molar-refractivity contribution in [2.45, 2.75) is 25.8 Å². The van der Waals surface area contributed by atoms with Crippen LogP contribution in [-0.4, -0.2) is 29.1 Å². The van der Waals surface area contributed by atoms with Gasteiger partial charge >= 0.3 is 5.97 Å². The quantitative estimate of drug-likeness (QED) is 0.626. The first kappa shape index (κ1) is 10.3. The van der Waals surface area contributed by atoms with Gasteiger partial charge in [0.15, 0.2) is 6.04 Å². The zero-order valence-corrected chi connectivity index (χ0v) is 8.30. The Hall–Kier alpha value is -1.27. The standard InChI is InChI=1S/C9H13NO5/c1-2-14-9(12)7-5-3-4-6(11)8(5)15-10(7)13/h5,7,11,13H,2-4H2,1H3/p-1. The summed E-state index contributed by atoms with van der Waals surface area (Å²) in [5.41, 5.74) is 0. The molecular formula is C9H12NO5-. The Morgan fingerprint density at radius 1 is 1.80 bits per heavy atom. The Kier molecular flexibility index (Phi) is 2.54. The van der Waals surface area contributed by atoms with E-state index >= 15 is 0 Å². The SMILES string of the molecule is CCOC(=O)C1C2CCC([O-])=C2ON1O. The van der Waals surface area contributed by atoms with Crippen LogP contribution >= 0.6 is 0 Å². The van der Waals surface area contributed by atoms with Crippen molar-refractivity contribution in [3.8, 4) is 0 Å². The van der Waals surface area contributed by atoms with Crippen molar-refractivity contribution in [1.82, 2.24) is 5.23 Å². The second-order valence-electron chi connectivity index (χ2n) is 3.52. The summed E-state index contributed by atoms with van der Waals surface area (Å²) in [6.45, 7) is 1.92. The first-order valence-corrected chi connectivity index (χ1v) is 4.88. The maximum atomic E-state index is 11.5. The molecule has 2 rings (SSSR count). The lowest BCUT2D eigenvalue weighted by Crippen LogP contribution is -2.38. The van der Waals surface area contributed by atoms with Gasteiger partial charge < -0.3 is 14.7 Å². The molecule has 6 heteroatoms. The van der Waals surface area contributed by atoms with Crippen LogP contribution in [0.15, 0.2) is 11.5 Å². The third kappa shape index (κ3) is 1.55. The van der Waals surface area contributed by atoms with Crippen LogP contribution < -0.4 is 5.11 Å². The largest absolute Gasteiger partial charge is 0.873 e. The molecule has 0 radical (unpaired) electrons. The number of fused-ring (bicyclic) bond motifs is 1. The van der Waals surface area contributed by atoms with E-state index in [0.29, 0.717) is 18.1 Å². The third-order valence-electron chi connectivity index (χ3n) is 2.63. The average Bonchev–Trinajstić information content (AvgIpc) is 2.67.